The van der Waals surface area contributed by atoms with Gasteiger partial charge < -0.3 is 15.4 Å². The van der Waals surface area contributed by atoms with Crippen molar-refractivity contribution in [2.75, 3.05) is 26.2 Å². The van der Waals surface area contributed by atoms with Crippen LogP contribution in [0.4, 0.5) is 0 Å². The third-order valence-corrected chi connectivity index (χ3v) is 6.37. The Morgan fingerprint density at radius 2 is 1.44 bits per heavy atom. The number of hydrogen-bond donors (Lipinski definition) is 1. The van der Waals surface area contributed by atoms with Gasteiger partial charge in [0.2, 0.25) is 5.91 Å². The maximum Gasteiger partial charge on any atom is 0.248 e. The van der Waals surface area contributed by atoms with Crippen LogP contribution in [0.25, 0.3) is 0 Å². The predicted molar refractivity (Wildman–Crippen MR) is 129 cm³/mol. The Hall–Kier alpha value is -2.95. The Balaban J connectivity index is 1.25. The third-order valence-electron chi connectivity index (χ3n) is 6.37. The second-order valence-corrected chi connectivity index (χ2v) is 8.63. The summed E-state index contributed by atoms with van der Waals surface area (Å²) in [6.07, 6.45) is 3.30. The van der Waals surface area contributed by atoms with Crippen molar-refractivity contribution in [3.63, 3.8) is 0 Å². The number of piperidine rings is 1. The molecular formula is C28H32N2O2. The van der Waals surface area contributed by atoms with E-state index in [1.54, 1.807) is 0 Å². The molecule has 0 aromatic heterocycles. The van der Waals surface area contributed by atoms with Gasteiger partial charge in [0.15, 0.2) is 0 Å². The monoisotopic (exact) mass is 428 g/mol. The third kappa shape index (κ3) is 6.06. The second kappa shape index (κ2) is 11.1. The van der Waals surface area contributed by atoms with E-state index >= 15 is 0 Å². The van der Waals surface area contributed by atoms with E-state index in [-0.39, 0.29) is 12.0 Å². The summed E-state index contributed by atoms with van der Waals surface area (Å²) in [5.74, 6) is 0.221. The number of carbonyl (C=O) groups is 1. The fourth-order valence-electron chi connectivity index (χ4n) is 4.37. The zero-order valence-corrected chi connectivity index (χ0v) is 18.5. The summed E-state index contributed by atoms with van der Waals surface area (Å²) >= 11 is 0. The van der Waals surface area contributed by atoms with Crippen molar-refractivity contribution in [1.29, 1.82) is 0 Å². The molecular weight excluding hydrogens is 396 g/mol. The van der Waals surface area contributed by atoms with Gasteiger partial charge in [-0.15, -0.1) is 0 Å². The van der Waals surface area contributed by atoms with E-state index in [1.165, 1.54) is 16.7 Å². The van der Waals surface area contributed by atoms with Crippen molar-refractivity contribution >= 4 is 5.91 Å². The number of primary amides is 1. The number of nitrogens with zero attached hydrogens (tertiary/aromatic N) is 1. The molecule has 4 nitrogen and oxygen atoms in total. The van der Waals surface area contributed by atoms with E-state index in [0.29, 0.717) is 11.5 Å². The molecule has 2 N–H and O–H groups in total. The smallest absolute Gasteiger partial charge is 0.248 e. The van der Waals surface area contributed by atoms with Gasteiger partial charge in [0.05, 0.1) is 6.61 Å². The van der Waals surface area contributed by atoms with E-state index in [4.69, 9.17) is 10.5 Å². The van der Waals surface area contributed by atoms with E-state index < -0.39 is 0 Å². The number of likely N-dealkylation sites (tertiary alicyclic amines) is 1. The summed E-state index contributed by atoms with van der Waals surface area (Å²) in [7, 11) is 0. The fourth-order valence-corrected chi connectivity index (χ4v) is 4.37. The number of rotatable bonds is 9. The highest BCUT2D eigenvalue weighted by Gasteiger charge is 2.22. The molecule has 0 bridgehead atoms. The Morgan fingerprint density at radius 1 is 0.875 bits per heavy atom. The van der Waals surface area contributed by atoms with Crippen molar-refractivity contribution in [1.82, 2.24) is 4.90 Å². The number of amides is 1. The summed E-state index contributed by atoms with van der Waals surface area (Å²) in [5.41, 5.74) is 9.55. The zero-order valence-electron chi connectivity index (χ0n) is 18.5. The predicted octanol–water partition coefficient (Wildman–Crippen LogP) is 4.85. The Bertz CT molecular complexity index is 926. The average molecular weight is 429 g/mol. The molecule has 4 rings (SSSR count). The van der Waals surface area contributed by atoms with Crippen LogP contribution in [0.3, 0.4) is 0 Å². The molecule has 32 heavy (non-hydrogen) atoms. The molecule has 3 aromatic carbocycles. The Labute approximate surface area is 191 Å². The molecule has 4 heteroatoms. The SMILES string of the molecule is NC(=O)c1ccc(CCN2CCC(COC(c3ccccc3)c3ccccc3)CC2)cc1. The quantitative estimate of drug-likeness (QED) is 0.530. The summed E-state index contributed by atoms with van der Waals surface area (Å²) in [6.45, 7) is 4.04. The van der Waals surface area contributed by atoms with Crippen LogP contribution < -0.4 is 5.73 Å². The summed E-state index contributed by atoms with van der Waals surface area (Å²) in [5, 5.41) is 0. The molecule has 0 aliphatic carbocycles. The minimum absolute atomic E-state index is 0.0150. The van der Waals surface area contributed by atoms with Crippen LogP contribution >= 0.6 is 0 Å². The minimum Gasteiger partial charge on any atom is -0.368 e. The van der Waals surface area contributed by atoms with Crippen molar-refractivity contribution in [3.05, 3.63) is 107 Å². The van der Waals surface area contributed by atoms with Crippen LogP contribution in [0.5, 0.6) is 0 Å². The van der Waals surface area contributed by atoms with Gasteiger partial charge in [-0.2, -0.15) is 0 Å². The molecule has 1 amide bonds. The van der Waals surface area contributed by atoms with Gasteiger partial charge in [-0.1, -0.05) is 72.8 Å². The molecule has 1 aliphatic rings. The van der Waals surface area contributed by atoms with Crippen LogP contribution in [-0.4, -0.2) is 37.0 Å². The molecule has 0 atom stereocenters. The van der Waals surface area contributed by atoms with Crippen molar-refractivity contribution in [2.24, 2.45) is 11.7 Å². The van der Waals surface area contributed by atoms with Crippen molar-refractivity contribution in [3.8, 4) is 0 Å². The summed E-state index contributed by atoms with van der Waals surface area (Å²) in [6, 6.07) is 28.7. The Kier molecular flexibility index (Phi) is 7.70. The zero-order chi connectivity index (χ0) is 22.2. The van der Waals surface area contributed by atoms with E-state index in [1.807, 2.05) is 36.4 Å². The van der Waals surface area contributed by atoms with Gasteiger partial charge >= 0.3 is 0 Å². The lowest BCUT2D eigenvalue weighted by Crippen LogP contribution is -2.36. The van der Waals surface area contributed by atoms with Gasteiger partial charge in [0.1, 0.15) is 6.10 Å². The summed E-state index contributed by atoms with van der Waals surface area (Å²) < 4.78 is 6.49. The number of carbonyl (C=O) groups excluding carboxylic acids is 1. The van der Waals surface area contributed by atoms with Crippen LogP contribution in [-0.2, 0) is 11.2 Å². The number of ether oxygens (including phenoxy) is 1. The molecule has 0 unspecified atom stereocenters. The molecule has 0 radical (unpaired) electrons. The maximum absolute atomic E-state index is 11.2. The van der Waals surface area contributed by atoms with Crippen LogP contribution in [0, 0.1) is 5.92 Å². The lowest BCUT2D eigenvalue weighted by atomic mass is 9.96. The van der Waals surface area contributed by atoms with Gasteiger partial charge in [-0.3, -0.25) is 4.79 Å². The lowest BCUT2D eigenvalue weighted by molar-refractivity contribution is 0.0311. The molecule has 166 valence electrons. The number of nitrogens with two attached hydrogens (primary N) is 1. The normalized spacial score (nSPS) is 15.2. The van der Waals surface area contributed by atoms with Crippen LogP contribution in [0.15, 0.2) is 84.9 Å². The number of benzene rings is 3. The highest BCUT2D eigenvalue weighted by atomic mass is 16.5. The van der Waals surface area contributed by atoms with Crippen LogP contribution in [0.1, 0.15) is 46.0 Å². The first-order valence-corrected chi connectivity index (χ1v) is 11.5. The van der Waals surface area contributed by atoms with Gasteiger partial charge in [0, 0.05) is 12.1 Å². The minimum atomic E-state index is -0.373. The maximum atomic E-state index is 11.2. The molecule has 1 aliphatic heterocycles. The molecule has 0 spiro atoms. The van der Waals surface area contributed by atoms with E-state index in [9.17, 15) is 4.79 Å². The van der Waals surface area contributed by atoms with Crippen LogP contribution in [0.2, 0.25) is 0 Å². The van der Waals surface area contributed by atoms with Crippen molar-refractivity contribution < 1.29 is 9.53 Å². The molecule has 1 heterocycles. The molecule has 1 fully saturated rings. The number of hydrogen-bond acceptors (Lipinski definition) is 3. The standard InChI is InChI=1S/C28H32N2O2/c29-28(31)26-13-11-22(12-14-26)15-18-30-19-16-23(17-20-30)21-32-27(24-7-3-1-4-8-24)25-9-5-2-6-10-25/h1-14,23,27H,15-21H2,(H2,29,31). The topological polar surface area (TPSA) is 55.6 Å². The first-order valence-electron chi connectivity index (χ1n) is 11.5. The van der Waals surface area contributed by atoms with Gasteiger partial charge in [-0.25, -0.2) is 0 Å². The average Bonchev–Trinajstić information content (AvgIpc) is 2.85. The highest BCUT2D eigenvalue weighted by molar-refractivity contribution is 5.92. The fraction of sp³-hybridized carbons (Fsp3) is 0.321. The van der Waals surface area contributed by atoms with Gasteiger partial charge in [-0.05, 0) is 67.1 Å². The largest absolute Gasteiger partial charge is 0.368 e. The highest BCUT2D eigenvalue weighted by Crippen LogP contribution is 2.28. The molecule has 1 saturated heterocycles. The first kappa shape index (κ1) is 22.3. The first-order chi connectivity index (χ1) is 15.7. The molecule has 0 saturated carbocycles. The lowest BCUT2D eigenvalue weighted by Gasteiger charge is -2.32. The van der Waals surface area contributed by atoms with E-state index in [0.717, 1.165) is 45.5 Å². The summed E-state index contributed by atoms with van der Waals surface area (Å²) in [4.78, 5) is 13.7. The van der Waals surface area contributed by atoms with Crippen molar-refractivity contribution in [2.45, 2.75) is 25.4 Å². The molecule has 3 aromatic rings. The Morgan fingerprint density at radius 3 is 1.97 bits per heavy atom. The van der Waals surface area contributed by atoms with Gasteiger partial charge in [0.25, 0.3) is 0 Å². The van der Waals surface area contributed by atoms with E-state index in [2.05, 4.69) is 53.4 Å². The second-order valence-electron chi connectivity index (χ2n) is 8.63.